The molecule has 3 rings (SSSR count). The molecule has 7 heteroatoms. The number of carbonyl (C=O) groups is 2. The summed E-state index contributed by atoms with van der Waals surface area (Å²) in [6, 6.07) is 8.67. The Morgan fingerprint density at radius 1 is 1.39 bits per heavy atom. The Balaban J connectivity index is 1.65. The fraction of sp³-hybridized carbons (Fsp3) is 0.312. The van der Waals surface area contributed by atoms with E-state index in [0.717, 1.165) is 17.8 Å². The van der Waals surface area contributed by atoms with E-state index in [1.807, 2.05) is 25.1 Å². The quantitative estimate of drug-likeness (QED) is 0.907. The molecule has 2 heterocycles. The van der Waals surface area contributed by atoms with Gasteiger partial charge in [0.2, 0.25) is 5.91 Å². The Hall–Kier alpha value is -2.83. The molecular weight excluding hydrogens is 296 g/mol. The van der Waals surface area contributed by atoms with Gasteiger partial charge in [-0.15, -0.1) is 0 Å². The lowest BCUT2D eigenvalue weighted by Crippen LogP contribution is -2.30. The van der Waals surface area contributed by atoms with E-state index >= 15 is 0 Å². The second kappa shape index (κ2) is 6.51. The molecule has 2 N–H and O–H groups in total. The van der Waals surface area contributed by atoms with Crippen LogP contribution in [0.15, 0.2) is 34.9 Å². The van der Waals surface area contributed by atoms with E-state index in [2.05, 4.69) is 15.8 Å². The van der Waals surface area contributed by atoms with Crippen LogP contribution in [0.4, 0.5) is 16.2 Å². The van der Waals surface area contributed by atoms with Crippen LogP contribution in [0.25, 0.3) is 0 Å². The maximum absolute atomic E-state index is 12.1. The first-order valence-corrected chi connectivity index (χ1v) is 7.50. The third-order valence-electron chi connectivity index (χ3n) is 3.62. The number of hydrogen-bond donors (Lipinski definition) is 2. The third kappa shape index (κ3) is 3.50. The van der Waals surface area contributed by atoms with Gasteiger partial charge in [0.15, 0.2) is 5.76 Å². The van der Waals surface area contributed by atoms with Gasteiger partial charge in [-0.3, -0.25) is 4.79 Å². The summed E-state index contributed by atoms with van der Waals surface area (Å²) in [7, 11) is 0. The maximum Gasteiger partial charge on any atom is 0.319 e. The Kier molecular flexibility index (Phi) is 4.27. The van der Waals surface area contributed by atoms with Crippen LogP contribution in [-0.2, 0) is 11.3 Å². The molecule has 1 aliphatic rings. The summed E-state index contributed by atoms with van der Waals surface area (Å²) in [6.07, 6.45) is 1.38. The molecule has 1 saturated heterocycles. The van der Waals surface area contributed by atoms with Crippen molar-refractivity contribution < 1.29 is 14.1 Å². The second-order valence-corrected chi connectivity index (χ2v) is 5.41. The molecule has 0 bridgehead atoms. The Labute approximate surface area is 133 Å². The van der Waals surface area contributed by atoms with Crippen LogP contribution in [0.2, 0.25) is 0 Å². The Morgan fingerprint density at radius 3 is 2.91 bits per heavy atom. The van der Waals surface area contributed by atoms with E-state index in [9.17, 15) is 9.59 Å². The van der Waals surface area contributed by atoms with Gasteiger partial charge in [0.05, 0.1) is 23.6 Å². The zero-order chi connectivity index (χ0) is 16.2. The number of hydrogen-bond acceptors (Lipinski definition) is 4. The topological polar surface area (TPSA) is 87.5 Å². The molecule has 1 aromatic heterocycles. The molecule has 2 aromatic rings. The number of anilines is 2. The predicted molar refractivity (Wildman–Crippen MR) is 85.1 cm³/mol. The molecule has 0 aliphatic carbocycles. The highest BCUT2D eigenvalue weighted by atomic mass is 16.5. The molecule has 120 valence electrons. The van der Waals surface area contributed by atoms with Gasteiger partial charge in [0, 0.05) is 19.0 Å². The van der Waals surface area contributed by atoms with Crippen LogP contribution in [0, 0.1) is 6.92 Å². The van der Waals surface area contributed by atoms with Gasteiger partial charge in [0.1, 0.15) is 0 Å². The summed E-state index contributed by atoms with van der Waals surface area (Å²) in [5, 5.41) is 9.24. The summed E-state index contributed by atoms with van der Waals surface area (Å²) >= 11 is 0. The van der Waals surface area contributed by atoms with Crippen LogP contribution in [0.3, 0.4) is 0 Å². The highest BCUT2D eigenvalue weighted by Crippen LogP contribution is 2.29. The second-order valence-electron chi connectivity index (χ2n) is 5.41. The molecule has 0 radical (unpaired) electrons. The molecule has 23 heavy (non-hydrogen) atoms. The molecule has 1 aromatic carbocycles. The number of rotatable bonds is 4. The fourth-order valence-electron chi connectivity index (χ4n) is 2.55. The minimum Gasteiger partial charge on any atom is -0.359 e. The first-order valence-electron chi connectivity index (χ1n) is 7.50. The zero-order valence-corrected chi connectivity index (χ0v) is 12.8. The molecule has 1 fully saturated rings. The van der Waals surface area contributed by atoms with E-state index in [1.165, 1.54) is 0 Å². The summed E-state index contributed by atoms with van der Waals surface area (Å²) in [4.78, 5) is 25.7. The van der Waals surface area contributed by atoms with Gasteiger partial charge < -0.3 is 20.1 Å². The van der Waals surface area contributed by atoms with Crippen LogP contribution >= 0.6 is 0 Å². The average molecular weight is 314 g/mol. The van der Waals surface area contributed by atoms with Gasteiger partial charge in [-0.25, -0.2) is 4.79 Å². The molecular formula is C16H18N4O3. The van der Waals surface area contributed by atoms with Gasteiger partial charge in [-0.05, 0) is 25.5 Å². The van der Waals surface area contributed by atoms with Gasteiger partial charge >= 0.3 is 6.03 Å². The van der Waals surface area contributed by atoms with Crippen LogP contribution in [0.1, 0.15) is 24.3 Å². The number of carbonyl (C=O) groups excluding carboxylic acids is 2. The van der Waals surface area contributed by atoms with E-state index in [-0.39, 0.29) is 18.5 Å². The summed E-state index contributed by atoms with van der Waals surface area (Å²) < 4.78 is 5.04. The molecule has 7 nitrogen and oxygen atoms in total. The van der Waals surface area contributed by atoms with Crippen molar-refractivity contribution in [3.05, 3.63) is 41.8 Å². The number of nitrogens with one attached hydrogen (secondary N) is 2. The van der Waals surface area contributed by atoms with Gasteiger partial charge in [-0.2, -0.15) is 0 Å². The maximum atomic E-state index is 12.1. The molecule has 0 saturated carbocycles. The summed E-state index contributed by atoms with van der Waals surface area (Å²) in [5.41, 5.74) is 2.09. The number of amides is 3. The van der Waals surface area contributed by atoms with E-state index in [1.54, 1.807) is 17.0 Å². The third-order valence-corrected chi connectivity index (χ3v) is 3.62. The SMILES string of the molecule is Cc1cc(CNC(=O)Nc2ccccc2N2CCCC2=O)on1. The van der Waals surface area contributed by atoms with E-state index < -0.39 is 0 Å². The van der Waals surface area contributed by atoms with Crippen LogP contribution in [-0.4, -0.2) is 23.6 Å². The van der Waals surface area contributed by atoms with Crippen LogP contribution in [0.5, 0.6) is 0 Å². The lowest BCUT2D eigenvalue weighted by Gasteiger charge is -2.20. The largest absolute Gasteiger partial charge is 0.359 e. The lowest BCUT2D eigenvalue weighted by atomic mass is 10.2. The Morgan fingerprint density at radius 2 is 2.22 bits per heavy atom. The minimum atomic E-state index is -0.363. The summed E-state index contributed by atoms with van der Waals surface area (Å²) in [6.45, 7) is 2.74. The van der Waals surface area contributed by atoms with Crippen molar-refractivity contribution in [3.63, 3.8) is 0 Å². The molecule has 0 atom stereocenters. The molecule has 0 unspecified atom stereocenters. The minimum absolute atomic E-state index is 0.0804. The van der Waals surface area contributed by atoms with Gasteiger partial charge in [0.25, 0.3) is 0 Å². The lowest BCUT2D eigenvalue weighted by molar-refractivity contribution is -0.117. The number of nitrogens with zero attached hydrogens (tertiary/aromatic N) is 2. The Bertz CT molecular complexity index is 726. The van der Waals surface area contributed by atoms with Crippen LogP contribution < -0.4 is 15.5 Å². The van der Waals surface area contributed by atoms with Crippen molar-refractivity contribution in [1.82, 2.24) is 10.5 Å². The van der Waals surface area contributed by atoms with Crippen molar-refractivity contribution in [2.45, 2.75) is 26.3 Å². The zero-order valence-electron chi connectivity index (χ0n) is 12.8. The highest BCUT2D eigenvalue weighted by molar-refractivity contribution is 6.01. The summed E-state index contributed by atoms with van der Waals surface area (Å²) in [5.74, 6) is 0.664. The standard InChI is InChI=1S/C16H18N4O3/c1-11-9-12(23-19-11)10-17-16(22)18-13-5-2-3-6-14(13)20-8-4-7-15(20)21/h2-3,5-6,9H,4,7-8,10H2,1H3,(H2,17,18,22). The predicted octanol–water partition coefficient (Wildman–Crippen LogP) is 2.43. The first-order chi connectivity index (χ1) is 11.1. The highest BCUT2D eigenvalue weighted by Gasteiger charge is 2.24. The number of aryl methyl sites for hydroxylation is 1. The van der Waals surface area contributed by atoms with Crippen molar-refractivity contribution in [3.8, 4) is 0 Å². The van der Waals surface area contributed by atoms with Crippen molar-refractivity contribution >= 4 is 23.3 Å². The number of aromatic nitrogens is 1. The first kappa shape index (κ1) is 15.1. The number of benzene rings is 1. The van der Waals surface area contributed by atoms with E-state index in [4.69, 9.17) is 4.52 Å². The average Bonchev–Trinajstić information content (AvgIpc) is 3.14. The normalized spacial score (nSPS) is 14.1. The molecule has 1 aliphatic heterocycles. The monoisotopic (exact) mass is 314 g/mol. The fourth-order valence-corrected chi connectivity index (χ4v) is 2.55. The number of urea groups is 1. The molecule has 0 spiro atoms. The number of para-hydroxylation sites is 2. The smallest absolute Gasteiger partial charge is 0.319 e. The van der Waals surface area contributed by atoms with Crippen molar-refractivity contribution in [2.24, 2.45) is 0 Å². The van der Waals surface area contributed by atoms with Crippen molar-refractivity contribution in [1.29, 1.82) is 0 Å². The van der Waals surface area contributed by atoms with Gasteiger partial charge in [-0.1, -0.05) is 17.3 Å². The van der Waals surface area contributed by atoms with E-state index in [0.29, 0.717) is 24.4 Å². The van der Waals surface area contributed by atoms with Crippen molar-refractivity contribution in [2.75, 3.05) is 16.8 Å². The molecule has 3 amide bonds.